The second kappa shape index (κ2) is 5.50. The third-order valence-corrected chi connectivity index (χ3v) is 3.37. The summed E-state index contributed by atoms with van der Waals surface area (Å²) >= 11 is 6.13. The van der Waals surface area contributed by atoms with Crippen molar-refractivity contribution < 1.29 is 0 Å². The molecule has 0 unspecified atom stereocenters. The molecule has 2 aromatic rings. The highest BCUT2D eigenvalue weighted by atomic mass is 35.5. The van der Waals surface area contributed by atoms with E-state index in [-0.39, 0.29) is 0 Å². The van der Waals surface area contributed by atoms with Crippen LogP contribution in [-0.2, 0) is 13.1 Å². The van der Waals surface area contributed by atoms with Gasteiger partial charge < -0.3 is 5.32 Å². The predicted molar refractivity (Wildman–Crippen MR) is 72.8 cm³/mol. The number of nitrogens with zero attached hydrogens (tertiary/aromatic N) is 3. The first kappa shape index (κ1) is 13.1. The normalized spacial score (nSPS) is 10.9. The van der Waals surface area contributed by atoms with Gasteiger partial charge in [-0.05, 0) is 33.0 Å². The quantitative estimate of drug-likeness (QED) is 0.922. The molecule has 0 radical (unpaired) electrons. The van der Waals surface area contributed by atoms with Crippen LogP contribution in [0.4, 0.5) is 0 Å². The van der Waals surface area contributed by atoms with Gasteiger partial charge in [-0.3, -0.25) is 9.67 Å². The van der Waals surface area contributed by atoms with Gasteiger partial charge >= 0.3 is 0 Å². The lowest BCUT2D eigenvalue weighted by molar-refractivity contribution is 0.642. The van der Waals surface area contributed by atoms with E-state index in [2.05, 4.69) is 15.4 Å². The first-order valence-electron chi connectivity index (χ1n) is 5.90. The molecule has 18 heavy (non-hydrogen) atoms. The van der Waals surface area contributed by atoms with E-state index in [1.165, 1.54) is 0 Å². The van der Waals surface area contributed by atoms with Crippen LogP contribution in [0.2, 0.25) is 5.02 Å². The molecule has 1 N–H and O–H groups in total. The second-order valence-corrected chi connectivity index (χ2v) is 4.67. The molecule has 0 spiro atoms. The van der Waals surface area contributed by atoms with Gasteiger partial charge in [-0.25, -0.2) is 0 Å². The van der Waals surface area contributed by atoms with Gasteiger partial charge in [0.25, 0.3) is 0 Å². The summed E-state index contributed by atoms with van der Waals surface area (Å²) in [5.74, 6) is 0. The Bertz CT molecular complexity index is 548. The molecule has 2 rings (SSSR count). The van der Waals surface area contributed by atoms with Gasteiger partial charge in [0.1, 0.15) is 0 Å². The Hall–Kier alpha value is -1.39. The summed E-state index contributed by atoms with van der Waals surface area (Å²) in [6.07, 6.45) is 0. The van der Waals surface area contributed by atoms with E-state index in [1.807, 2.05) is 43.8 Å². The zero-order chi connectivity index (χ0) is 13.1. The highest BCUT2D eigenvalue weighted by Gasteiger charge is 2.09. The van der Waals surface area contributed by atoms with Crippen LogP contribution in [0.3, 0.4) is 0 Å². The van der Waals surface area contributed by atoms with Gasteiger partial charge in [0, 0.05) is 6.54 Å². The van der Waals surface area contributed by atoms with Crippen LogP contribution in [0.1, 0.15) is 22.8 Å². The molecule has 0 bridgehead atoms. The maximum absolute atomic E-state index is 6.13. The maximum Gasteiger partial charge on any atom is 0.0844 e. The predicted octanol–water partition coefficient (Wildman–Crippen LogP) is 2.32. The molecule has 0 aromatic carbocycles. The molecule has 0 aliphatic heterocycles. The van der Waals surface area contributed by atoms with E-state index in [1.54, 1.807) is 0 Å². The van der Waals surface area contributed by atoms with Crippen LogP contribution < -0.4 is 5.32 Å². The molecule has 0 atom stereocenters. The number of aromatic nitrogens is 3. The number of nitrogens with one attached hydrogen (secondary N) is 1. The average Bonchev–Trinajstić information content (AvgIpc) is 2.58. The van der Waals surface area contributed by atoms with Crippen LogP contribution in [0.5, 0.6) is 0 Å². The number of halogens is 1. The molecule has 5 heteroatoms. The summed E-state index contributed by atoms with van der Waals surface area (Å²) in [5, 5.41) is 8.24. The molecule has 2 aromatic heterocycles. The number of hydrogen-bond acceptors (Lipinski definition) is 3. The van der Waals surface area contributed by atoms with Crippen molar-refractivity contribution in [2.45, 2.75) is 26.9 Å². The standard InChI is InChI=1S/C13H17ClN4/c1-9-13(14)10(2)18(17-9)8-12-6-4-5-11(16-12)7-15-3/h4-6,15H,7-8H2,1-3H3. The Morgan fingerprint density at radius 2 is 2.00 bits per heavy atom. The SMILES string of the molecule is CNCc1cccc(Cn2nc(C)c(Cl)c2C)n1. The van der Waals surface area contributed by atoms with Gasteiger partial charge in [0.15, 0.2) is 0 Å². The zero-order valence-corrected chi connectivity index (χ0v) is 11.6. The van der Waals surface area contributed by atoms with E-state index in [0.29, 0.717) is 6.54 Å². The van der Waals surface area contributed by atoms with Crippen LogP contribution in [0.15, 0.2) is 18.2 Å². The van der Waals surface area contributed by atoms with Crippen molar-refractivity contribution in [3.8, 4) is 0 Å². The fraction of sp³-hybridized carbons (Fsp3) is 0.385. The Morgan fingerprint density at radius 3 is 2.61 bits per heavy atom. The number of rotatable bonds is 4. The summed E-state index contributed by atoms with van der Waals surface area (Å²) < 4.78 is 1.89. The van der Waals surface area contributed by atoms with E-state index >= 15 is 0 Å². The molecule has 4 nitrogen and oxygen atoms in total. The number of aryl methyl sites for hydroxylation is 1. The summed E-state index contributed by atoms with van der Waals surface area (Å²) in [4.78, 5) is 4.57. The molecule has 2 heterocycles. The molecular formula is C13H17ClN4. The monoisotopic (exact) mass is 264 g/mol. The minimum atomic E-state index is 0.650. The van der Waals surface area contributed by atoms with Crippen molar-refractivity contribution in [1.82, 2.24) is 20.1 Å². The molecule has 0 amide bonds. The van der Waals surface area contributed by atoms with Gasteiger partial charge in [-0.1, -0.05) is 17.7 Å². The van der Waals surface area contributed by atoms with Gasteiger partial charge in [-0.15, -0.1) is 0 Å². The van der Waals surface area contributed by atoms with E-state index in [0.717, 1.165) is 34.3 Å². The average molecular weight is 265 g/mol. The lowest BCUT2D eigenvalue weighted by Gasteiger charge is -2.06. The van der Waals surface area contributed by atoms with Crippen LogP contribution in [0.25, 0.3) is 0 Å². The molecule has 0 saturated carbocycles. The Kier molecular flexibility index (Phi) is 3.99. The fourth-order valence-electron chi connectivity index (χ4n) is 1.88. The Morgan fingerprint density at radius 1 is 1.28 bits per heavy atom. The summed E-state index contributed by atoms with van der Waals surface area (Å²) in [6.45, 7) is 5.30. The van der Waals surface area contributed by atoms with Crippen molar-refractivity contribution in [2.24, 2.45) is 0 Å². The van der Waals surface area contributed by atoms with Gasteiger partial charge in [0.05, 0.1) is 34.3 Å². The highest BCUT2D eigenvalue weighted by Crippen LogP contribution is 2.19. The van der Waals surface area contributed by atoms with Crippen LogP contribution in [0, 0.1) is 13.8 Å². The molecule has 0 aliphatic rings. The fourth-order valence-corrected chi connectivity index (χ4v) is 2.01. The topological polar surface area (TPSA) is 42.7 Å². The zero-order valence-electron chi connectivity index (χ0n) is 10.9. The Labute approximate surface area is 112 Å². The molecule has 0 aliphatic carbocycles. The molecule has 0 saturated heterocycles. The van der Waals surface area contributed by atoms with Crippen molar-refractivity contribution >= 4 is 11.6 Å². The van der Waals surface area contributed by atoms with Crippen LogP contribution in [-0.4, -0.2) is 21.8 Å². The molecule has 96 valence electrons. The Balaban J connectivity index is 2.23. The lowest BCUT2D eigenvalue weighted by Crippen LogP contribution is -2.10. The third-order valence-electron chi connectivity index (χ3n) is 2.83. The minimum Gasteiger partial charge on any atom is -0.314 e. The van der Waals surface area contributed by atoms with Crippen molar-refractivity contribution in [3.63, 3.8) is 0 Å². The molecule has 0 fully saturated rings. The van der Waals surface area contributed by atoms with E-state index in [9.17, 15) is 0 Å². The lowest BCUT2D eigenvalue weighted by atomic mass is 10.3. The third kappa shape index (κ3) is 2.71. The van der Waals surface area contributed by atoms with Gasteiger partial charge in [-0.2, -0.15) is 5.10 Å². The van der Waals surface area contributed by atoms with Crippen LogP contribution >= 0.6 is 11.6 Å². The van der Waals surface area contributed by atoms with Crippen molar-refractivity contribution in [2.75, 3.05) is 7.05 Å². The van der Waals surface area contributed by atoms with E-state index < -0.39 is 0 Å². The largest absolute Gasteiger partial charge is 0.314 e. The smallest absolute Gasteiger partial charge is 0.0844 e. The summed E-state index contributed by atoms with van der Waals surface area (Å²) in [5.41, 5.74) is 3.86. The first-order valence-corrected chi connectivity index (χ1v) is 6.28. The number of pyridine rings is 1. The maximum atomic E-state index is 6.13. The second-order valence-electron chi connectivity index (χ2n) is 4.29. The van der Waals surface area contributed by atoms with Gasteiger partial charge in [0.2, 0.25) is 0 Å². The minimum absolute atomic E-state index is 0.650. The summed E-state index contributed by atoms with van der Waals surface area (Å²) in [7, 11) is 1.91. The highest BCUT2D eigenvalue weighted by molar-refractivity contribution is 6.31. The van der Waals surface area contributed by atoms with E-state index in [4.69, 9.17) is 11.6 Å². The first-order chi connectivity index (χ1) is 8.61. The van der Waals surface area contributed by atoms with Crippen molar-refractivity contribution in [1.29, 1.82) is 0 Å². The number of hydrogen-bond donors (Lipinski definition) is 1. The van der Waals surface area contributed by atoms with Crippen molar-refractivity contribution in [3.05, 3.63) is 46.0 Å². The molecular weight excluding hydrogens is 248 g/mol. The summed E-state index contributed by atoms with van der Waals surface area (Å²) in [6, 6.07) is 6.03.